The Morgan fingerprint density at radius 3 is 2.25 bits per heavy atom. The molecule has 0 unspecified atom stereocenters. The zero-order valence-corrected chi connectivity index (χ0v) is 16.2. The molecule has 0 radical (unpaired) electrons. The molecule has 1 fully saturated rings. The molecule has 0 bridgehead atoms. The van der Waals surface area contributed by atoms with E-state index in [9.17, 15) is 14.4 Å². The number of benzene rings is 1. The molecule has 1 aromatic heterocycles. The van der Waals surface area contributed by atoms with Gasteiger partial charge < -0.3 is 23.5 Å². The molecule has 0 amide bonds. The number of ether oxygens (including phenoxy) is 4. The molecule has 150 valence electrons. The third-order valence-corrected chi connectivity index (χ3v) is 4.47. The predicted molar refractivity (Wildman–Crippen MR) is 98.3 cm³/mol. The highest BCUT2D eigenvalue weighted by Gasteiger charge is 2.47. The summed E-state index contributed by atoms with van der Waals surface area (Å²) in [5.74, 6) is -1.69. The quantitative estimate of drug-likeness (QED) is 0.585. The molecule has 0 saturated carbocycles. The first kappa shape index (κ1) is 19.9. The number of esters is 3. The number of hydrogen-bond acceptors (Lipinski definition) is 7. The van der Waals surface area contributed by atoms with Crippen LogP contribution >= 0.6 is 0 Å². The van der Waals surface area contributed by atoms with Gasteiger partial charge in [0.15, 0.2) is 24.5 Å². The number of carbonyl (C=O) groups is 3. The van der Waals surface area contributed by atoms with Crippen LogP contribution in [0.5, 0.6) is 0 Å². The Hall–Kier alpha value is -2.87. The highest BCUT2D eigenvalue weighted by molar-refractivity contribution is 5.81. The normalized spacial score (nSPS) is 24.6. The number of aromatic nitrogens is 1. The molecular weight excluding hydrogens is 366 g/mol. The van der Waals surface area contributed by atoms with E-state index in [0.717, 1.165) is 16.5 Å². The van der Waals surface area contributed by atoms with E-state index in [4.69, 9.17) is 18.9 Å². The number of aryl methyl sites for hydroxylation is 1. The van der Waals surface area contributed by atoms with Crippen molar-refractivity contribution in [2.24, 2.45) is 0 Å². The Bertz CT molecular complexity index is 903. The lowest BCUT2D eigenvalue weighted by atomic mass is 10.0. The predicted octanol–water partition coefficient (Wildman–Crippen LogP) is 2.27. The second-order valence-electron chi connectivity index (χ2n) is 6.81. The summed E-state index contributed by atoms with van der Waals surface area (Å²) in [4.78, 5) is 34.9. The molecule has 2 heterocycles. The SMILES string of the molecule is CC(=O)O[C@@H]1[C@@H](OC(C)=O)[C@H](OC(C)=O)CO[C@H]1n1ccc2cc(C)ccc21. The monoisotopic (exact) mass is 389 g/mol. The van der Waals surface area contributed by atoms with Crippen LogP contribution in [-0.4, -0.2) is 47.4 Å². The molecule has 28 heavy (non-hydrogen) atoms. The zero-order chi connectivity index (χ0) is 20.4. The van der Waals surface area contributed by atoms with Gasteiger partial charge in [0.25, 0.3) is 0 Å². The Morgan fingerprint density at radius 2 is 1.61 bits per heavy atom. The Balaban J connectivity index is 2.02. The van der Waals surface area contributed by atoms with Gasteiger partial charge in [-0.2, -0.15) is 0 Å². The maximum absolute atomic E-state index is 11.8. The smallest absolute Gasteiger partial charge is 0.303 e. The third kappa shape index (κ3) is 4.17. The van der Waals surface area contributed by atoms with Gasteiger partial charge in [0, 0.05) is 27.0 Å². The number of nitrogens with zero attached hydrogens (tertiary/aromatic N) is 1. The average Bonchev–Trinajstić information content (AvgIpc) is 2.99. The van der Waals surface area contributed by atoms with Gasteiger partial charge in [-0.15, -0.1) is 0 Å². The lowest BCUT2D eigenvalue weighted by Crippen LogP contribution is -2.55. The summed E-state index contributed by atoms with van der Waals surface area (Å²) in [6.07, 6.45) is -1.79. The minimum atomic E-state index is -0.994. The summed E-state index contributed by atoms with van der Waals surface area (Å²) in [6.45, 7) is 5.74. The fraction of sp³-hybridized carbons (Fsp3) is 0.450. The van der Waals surface area contributed by atoms with E-state index in [2.05, 4.69) is 0 Å². The van der Waals surface area contributed by atoms with Crippen molar-refractivity contribution in [3.05, 3.63) is 36.0 Å². The average molecular weight is 389 g/mol. The summed E-state index contributed by atoms with van der Waals surface area (Å²) in [5, 5.41) is 0.997. The van der Waals surface area contributed by atoms with Gasteiger partial charge in [0.2, 0.25) is 0 Å². The van der Waals surface area contributed by atoms with Crippen molar-refractivity contribution in [2.45, 2.75) is 52.2 Å². The summed E-state index contributed by atoms with van der Waals surface area (Å²) < 4.78 is 23.8. The van der Waals surface area contributed by atoms with E-state index in [1.165, 1.54) is 20.8 Å². The summed E-state index contributed by atoms with van der Waals surface area (Å²) in [5.41, 5.74) is 1.99. The molecule has 1 aromatic carbocycles. The fourth-order valence-corrected chi connectivity index (χ4v) is 3.47. The van der Waals surface area contributed by atoms with E-state index in [0.29, 0.717) is 0 Å². The standard InChI is InChI=1S/C20H23NO7/c1-11-5-6-16-15(9-11)7-8-21(16)20-19(28-14(4)24)18(27-13(3)23)17(10-25-20)26-12(2)22/h5-9,17-20H,10H2,1-4H3/t17-,18+,19-,20-/m1/s1. The van der Waals surface area contributed by atoms with E-state index in [1.54, 1.807) is 0 Å². The topological polar surface area (TPSA) is 93.1 Å². The lowest BCUT2D eigenvalue weighted by molar-refractivity contribution is -0.239. The van der Waals surface area contributed by atoms with E-state index >= 15 is 0 Å². The van der Waals surface area contributed by atoms with Crippen LogP contribution < -0.4 is 0 Å². The van der Waals surface area contributed by atoms with Crippen molar-refractivity contribution in [3.8, 4) is 0 Å². The van der Waals surface area contributed by atoms with Crippen LogP contribution in [-0.2, 0) is 33.3 Å². The summed E-state index contributed by atoms with van der Waals surface area (Å²) >= 11 is 0. The molecule has 0 spiro atoms. The molecule has 8 heteroatoms. The van der Waals surface area contributed by atoms with Crippen molar-refractivity contribution in [3.63, 3.8) is 0 Å². The first-order valence-corrected chi connectivity index (χ1v) is 8.96. The first-order chi connectivity index (χ1) is 13.3. The van der Waals surface area contributed by atoms with Crippen molar-refractivity contribution in [1.82, 2.24) is 4.57 Å². The lowest BCUT2D eigenvalue weighted by Gasteiger charge is -2.41. The minimum absolute atomic E-state index is 0.00844. The maximum atomic E-state index is 11.8. The molecule has 4 atom stereocenters. The largest absolute Gasteiger partial charge is 0.456 e. The van der Waals surface area contributed by atoms with Crippen molar-refractivity contribution in [2.75, 3.05) is 6.61 Å². The number of rotatable bonds is 4. The van der Waals surface area contributed by atoms with Gasteiger partial charge in [-0.1, -0.05) is 11.6 Å². The number of carbonyl (C=O) groups excluding carboxylic acids is 3. The van der Waals surface area contributed by atoms with Gasteiger partial charge in [-0.3, -0.25) is 14.4 Å². The summed E-state index contributed by atoms with van der Waals surface area (Å²) in [6, 6.07) is 7.86. The van der Waals surface area contributed by atoms with Crippen molar-refractivity contribution >= 4 is 28.8 Å². The van der Waals surface area contributed by atoms with Crippen molar-refractivity contribution in [1.29, 1.82) is 0 Å². The van der Waals surface area contributed by atoms with E-state index in [1.807, 2.05) is 42.0 Å². The second-order valence-corrected chi connectivity index (χ2v) is 6.81. The Morgan fingerprint density at radius 1 is 0.964 bits per heavy atom. The van der Waals surface area contributed by atoms with Crippen LogP contribution in [0.25, 0.3) is 10.9 Å². The fourth-order valence-electron chi connectivity index (χ4n) is 3.47. The highest BCUT2D eigenvalue weighted by atomic mass is 16.6. The Kier molecular flexibility index (Phi) is 5.69. The van der Waals surface area contributed by atoms with Crippen LogP contribution in [0.1, 0.15) is 32.6 Å². The van der Waals surface area contributed by atoms with Crippen LogP contribution in [0.4, 0.5) is 0 Å². The summed E-state index contributed by atoms with van der Waals surface area (Å²) in [7, 11) is 0. The molecule has 1 aliphatic rings. The molecule has 3 rings (SSSR count). The second kappa shape index (κ2) is 8.02. The first-order valence-electron chi connectivity index (χ1n) is 8.96. The highest BCUT2D eigenvalue weighted by Crippen LogP contribution is 2.33. The van der Waals surface area contributed by atoms with E-state index in [-0.39, 0.29) is 6.61 Å². The van der Waals surface area contributed by atoms with Crippen molar-refractivity contribution < 1.29 is 33.3 Å². The van der Waals surface area contributed by atoms with Gasteiger partial charge in [0.05, 0.1) is 12.1 Å². The molecule has 8 nitrogen and oxygen atoms in total. The van der Waals surface area contributed by atoms with Crippen LogP contribution in [0, 0.1) is 6.92 Å². The molecular formula is C20H23NO7. The molecule has 1 aliphatic heterocycles. The maximum Gasteiger partial charge on any atom is 0.303 e. The van der Waals surface area contributed by atoms with Gasteiger partial charge in [-0.05, 0) is 30.5 Å². The number of fused-ring (bicyclic) bond motifs is 1. The van der Waals surface area contributed by atoms with Gasteiger partial charge >= 0.3 is 17.9 Å². The van der Waals surface area contributed by atoms with Gasteiger partial charge in [-0.25, -0.2) is 0 Å². The number of hydrogen-bond donors (Lipinski definition) is 0. The van der Waals surface area contributed by atoms with E-state index < -0.39 is 42.4 Å². The van der Waals surface area contributed by atoms with Crippen LogP contribution in [0.15, 0.2) is 30.5 Å². The zero-order valence-electron chi connectivity index (χ0n) is 16.2. The third-order valence-electron chi connectivity index (χ3n) is 4.47. The minimum Gasteiger partial charge on any atom is -0.456 e. The molecule has 2 aromatic rings. The Labute approximate surface area is 162 Å². The van der Waals surface area contributed by atoms with Crippen LogP contribution in [0.2, 0.25) is 0 Å². The molecule has 1 saturated heterocycles. The molecule has 0 N–H and O–H groups in total. The molecule has 0 aliphatic carbocycles. The van der Waals surface area contributed by atoms with Gasteiger partial charge in [0.1, 0.15) is 0 Å². The van der Waals surface area contributed by atoms with Crippen LogP contribution in [0.3, 0.4) is 0 Å².